The molecule has 0 aliphatic carbocycles. The molecule has 0 saturated carbocycles. The maximum absolute atomic E-state index is 11.9. The molecular weight excluding hydrogens is 389 g/mol. The molecule has 0 fully saturated rings. The van der Waals surface area contributed by atoms with Crippen molar-refractivity contribution in [2.24, 2.45) is 0 Å². The lowest BCUT2D eigenvalue weighted by atomic mass is 10.2. The maximum atomic E-state index is 11.9. The van der Waals surface area contributed by atoms with Gasteiger partial charge in [-0.3, -0.25) is 14.4 Å². The number of nitrogens with one attached hydrogen (secondary N) is 2. The van der Waals surface area contributed by atoms with Crippen LogP contribution in [0.5, 0.6) is 0 Å². The normalized spacial score (nSPS) is 10.2. The Morgan fingerprint density at radius 1 is 1.24 bits per heavy atom. The average Bonchev–Trinajstić information content (AvgIpc) is 2.99. The Kier molecular flexibility index (Phi) is 6.74. The van der Waals surface area contributed by atoms with Crippen LogP contribution in [0, 0.1) is 0 Å². The summed E-state index contributed by atoms with van der Waals surface area (Å²) in [7, 11) is 0. The second-order valence-corrected chi connectivity index (χ2v) is 6.47. The number of carbonyl (C=O) groups is 3. The van der Waals surface area contributed by atoms with Gasteiger partial charge in [-0.05, 0) is 18.2 Å². The predicted molar refractivity (Wildman–Crippen MR) is 95.0 cm³/mol. The standard InChI is InChI=1S/C15H13Cl2N3O4S/c1-8(21)19-15-20-10(7-25-15)6-24-13(22)5-18-14(23)9-2-3-11(16)12(17)4-9/h2-4,7H,5-6H2,1H3,(H,18,23)(H,19,20,21). The van der Waals surface area contributed by atoms with E-state index in [2.05, 4.69) is 15.6 Å². The highest BCUT2D eigenvalue weighted by molar-refractivity contribution is 7.13. The molecule has 2 aromatic rings. The van der Waals surface area contributed by atoms with Crippen molar-refractivity contribution < 1.29 is 19.1 Å². The van der Waals surface area contributed by atoms with Gasteiger partial charge in [-0.1, -0.05) is 23.2 Å². The Balaban J connectivity index is 1.78. The molecule has 1 heterocycles. The topological polar surface area (TPSA) is 97.4 Å². The summed E-state index contributed by atoms with van der Waals surface area (Å²) >= 11 is 12.8. The van der Waals surface area contributed by atoms with Crippen LogP contribution in [-0.2, 0) is 20.9 Å². The average molecular weight is 402 g/mol. The molecule has 0 unspecified atom stereocenters. The fourth-order valence-corrected chi connectivity index (χ4v) is 2.72. The minimum atomic E-state index is -0.623. The largest absolute Gasteiger partial charge is 0.458 e. The van der Waals surface area contributed by atoms with Gasteiger partial charge in [-0.2, -0.15) is 0 Å². The van der Waals surface area contributed by atoms with E-state index in [1.807, 2.05) is 0 Å². The minimum Gasteiger partial charge on any atom is -0.458 e. The van der Waals surface area contributed by atoms with Gasteiger partial charge in [0.15, 0.2) is 5.13 Å². The highest BCUT2D eigenvalue weighted by Crippen LogP contribution is 2.22. The smallest absolute Gasteiger partial charge is 0.325 e. The van der Waals surface area contributed by atoms with Crippen molar-refractivity contribution in [3.8, 4) is 0 Å². The Morgan fingerprint density at radius 2 is 2.00 bits per heavy atom. The van der Waals surface area contributed by atoms with Gasteiger partial charge in [0.25, 0.3) is 5.91 Å². The molecule has 1 aromatic heterocycles. The first-order valence-electron chi connectivity index (χ1n) is 6.96. The van der Waals surface area contributed by atoms with E-state index in [0.29, 0.717) is 15.8 Å². The number of hydrogen-bond donors (Lipinski definition) is 2. The number of nitrogens with zero attached hydrogens (tertiary/aromatic N) is 1. The molecule has 0 saturated heterocycles. The van der Waals surface area contributed by atoms with Gasteiger partial charge < -0.3 is 15.4 Å². The molecule has 2 amide bonds. The van der Waals surface area contributed by atoms with Crippen molar-refractivity contribution in [3.63, 3.8) is 0 Å². The summed E-state index contributed by atoms with van der Waals surface area (Å²) in [6.07, 6.45) is 0. The third-order valence-corrected chi connectivity index (χ3v) is 4.34. The molecule has 0 atom stereocenters. The van der Waals surface area contributed by atoms with E-state index in [4.69, 9.17) is 27.9 Å². The Labute approximate surface area is 157 Å². The van der Waals surface area contributed by atoms with Crippen LogP contribution in [0.25, 0.3) is 0 Å². The van der Waals surface area contributed by atoms with Gasteiger partial charge in [0.1, 0.15) is 13.2 Å². The molecule has 0 spiro atoms. The molecule has 0 radical (unpaired) electrons. The second-order valence-electron chi connectivity index (χ2n) is 4.80. The second kappa shape index (κ2) is 8.80. The lowest BCUT2D eigenvalue weighted by Crippen LogP contribution is -2.30. The first kappa shape index (κ1) is 19.2. The van der Waals surface area contributed by atoms with Crippen molar-refractivity contribution in [2.45, 2.75) is 13.5 Å². The van der Waals surface area contributed by atoms with Crippen LogP contribution in [-0.4, -0.2) is 29.3 Å². The number of carbonyl (C=O) groups excluding carboxylic acids is 3. The fourth-order valence-electron chi connectivity index (χ4n) is 1.68. The molecule has 7 nitrogen and oxygen atoms in total. The molecule has 1 aromatic carbocycles. The monoisotopic (exact) mass is 401 g/mol. The van der Waals surface area contributed by atoms with E-state index in [1.54, 1.807) is 5.38 Å². The number of thiazole rings is 1. The maximum Gasteiger partial charge on any atom is 0.325 e. The number of benzene rings is 1. The summed E-state index contributed by atoms with van der Waals surface area (Å²) in [5, 5.41) is 7.61. The van der Waals surface area contributed by atoms with Crippen LogP contribution < -0.4 is 10.6 Å². The number of anilines is 1. The first-order valence-corrected chi connectivity index (χ1v) is 8.59. The van der Waals surface area contributed by atoms with Crippen LogP contribution in [0.15, 0.2) is 23.6 Å². The number of esters is 1. The molecule has 10 heteroatoms. The van der Waals surface area contributed by atoms with Gasteiger partial charge in [-0.15, -0.1) is 11.3 Å². The predicted octanol–water partition coefficient (Wildman–Crippen LogP) is 2.88. The van der Waals surface area contributed by atoms with E-state index in [1.165, 1.54) is 36.5 Å². The Bertz CT molecular complexity index is 810. The zero-order chi connectivity index (χ0) is 18.4. The van der Waals surface area contributed by atoms with Gasteiger partial charge in [-0.25, -0.2) is 4.98 Å². The van der Waals surface area contributed by atoms with Gasteiger partial charge in [0.05, 0.1) is 15.7 Å². The number of hydrogen-bond acceptors (Lipinski definition) is 6. The Morgan fingerprint density at radius 3 is 2.68 bits per heavy atom. The number of aromatic nitrogens is 1. The first-order chi connectivity index (χ1) is 11.8. The SMILES string of the molecule is CC(=O)Nc1nc(COC(=O)CNC(=O)c2ccc(Cl)c(Cl)c2)cs1. The molecule has 0 aliphatic rings. The van der Waals surface area contributed by atoms with E-state index in [-0.39, 0.29) is 29.6 Å². The van der Waals surface area contributed by atoms with Crippen molar-refractivity contribution in [2.75, 3.05) is 11.9 Å². The highest BCUT2D eigenvalue weighted by atomic mass is 35.5. The van der Waals surface area contributed by atoms with Crippen LogP contribution in [0.4, 0.5) is 5.13 Å². The van der Waals surface area contributed by atoms with Gasteiger partial charge >= 0.3 is 5.97 Å². The zero-order valence-corrected chi connectivity index (χ0v) is 15.3. The molecular formula is C15H13Cl2N3O4S. The number of halogens is 2. The minimum absolute atomic E-state index is 0.0580. The third kappa shape index (κ3) is 6.00. The van der Waals surface area contributed by atoms with Crippen LogP contribution in [0.1, 0.15) is 23.0 Å². The summed E-state index contributed by atoms with van der Waals surface area (Å²) in [5.74, 6) is -1.33. The number of rotatable bonds is 6. The van der Waals surface area contributed by atoms with Gasteiger partial charge in [0.2, 0.25) is 5.91 Å². The number of ether oxygens (including phenoxy) is 1. The Hall–Kier alpha value is -2.16. The lowest BCUT2D eigenvalue weighted by Gasteiger charge is -2.06. The van der Waals surface area contributed by atoms with Crippen molar-refractivity contribution >= 4 is 57.5 Å². The molecule has 2 N–H and O–H groups in total. The van der Waals surface area contributed by atoms with Crippen LogP contribution in [0.2, 0.25) is 10.0 Å². The fraction of sp³-hybridized carbons (Fsp3) is 0.200. The third-order valence-electron chi connectivity index (χ3n) is 2.79. The summed E-state index contributed by atoms with van der Waals surface area (Å²) in [6.45, 7) is 1.01. The summed E-state index contributed by atoms with van der Waals surface area (Å²) in [6, 6.07) is 4.39. The van der Waals surface area contributed by atoms with E-state index >= 15 is 0 Å². The quantitative estimate of drug-likeness (QED) is 0.725. The summed E-state index contributed by atoms with van der Waals surface area (Å²) in [4.78, 5) is 38.6. The van der Waals surface area contributed by atoms with Crippen molar-refractivity contribution in [1.82, 2.24) is 10.3 Å². The van der Waals surface area contributed by atoms with Crippen molar-refractivity contribution in [1.29, 1.82) is 0 Å². The highest BCUT2D eigenvalue weighted by Gasteiger charge is 2.11. The molecule has 132 valence electrons. The van der Waals surface area contributed by atoms with Crippen LogP contribution >= 0.6 is 34.5 Å². The molecule has 2 rings (SSSR count). The van der Waals surface area contributed by atoms with E-state index in [9.17, 15) is 14.4 Å². The van der Waals surface area contributed by atoms with E-state index < -0.39 is 11.9 Å². The molecule has 0 aliphatic heterocycles. The zero-order valence-electron chi connectivity index (χ0n) is 13.0. The molecule has 0 bridgehead atoms. The van der Waals surface area contributed by atoms with Crippen molar-refractivity contribution in [3.05, 3.63) is 44.9 Å². The van der Waals surface area contributed by atoms with Gasteiger partial charge in [0, 0.05) is 17.9 Å². The number of amides is 2. The summed E-state index contributed by atoms with van der Waals surface area (Å²) in [5.41, 5.74) is 0.777. The van der Waals surface area contributed by atoms with Crippen LogP contribution in [0.3, 0.4) is 0 Å². The lowest BCUT2D eigenvalue weighted by molar-refractivity contribution is -0.143. The molecule has 25 heavy (non-hydrogen) atoms. The summed E-state index contributed by atoms with van der Waals surface area (Å²) < 4.78 is 5.01. The van der Waals surface area contributed by atoms with E-state index in [0.717, 1.165) is 0 Å².